The first kappa shape index (κ1) is 12.3. The first-order chi connectivity index (χ1) is 10.2. The van der Waals surface area contributed by atoms with E-state index in [0.717, 1.165) is 24.8 Å². The van der Waals surface area contributed by atoms with Crippen LogP contribution in [0.4, 0.5) is 0 Å². The van der Waals surface area contributed by atoms with E-state index >= 15 is 0 Å². The van der Waals surface area contributed by atoms with Crippen molar-refractivity contribution < 1.29 is 19.0 Å². The molecule has 3 aliphatic carbocycles. The zero-order valence-corrected chi connectivity index (χ0v) is 12.2. The van der Waals surface area contributed by atoms with Crippen molar-refractivity contribution in [1.82, 2.24) is 0 Å². The standard InChI is InChI=1S/C17H18O4/c1-19-17(20-2)13-6-4-3-5-12(13)14(18)15-10-7-8-11(9-10)16(15,17)21-15/h3-6,10-11H,7-9H2,1-2H3/t10-,11-,15+,16+/m0/s1. The van der Waals surface area contributed by atoms with Crippen LogP contribution in [0.2, 0.25) is 0 Å². The van der Waals surface area contributed by atoms with E-state index in [-0.39, 0.29) is 5.78 Å². The van der Waals surface area contributed by atoms with Gasteiger partial charge in [0.1, 0.15) is 0 Å². The Kier molecular flexibility index (Phi) is 1.99. The van der Waals surface area contributed by atoms with Crippen LogP contribution in [0.25, 0.3) is 0 Å². The fourth-order valence-electron chi connectivity index (χ4n) is 5.68. The number of rotatable bonds is 2. The predicted molar refractivity (Wildman–Crippen MR) is 73.8 cm³/mol. The molecule has 0 aromatic heterocycles. The third-order valence-corrected chi connectivity index (χ3v) is 6.34. The summed E-state index contributed by atoms with van der Waals surface area (Å²) in [6.45, 7) is 0. The fourth-order valence-corrected chi connectivity index (χ4v) is 5.68. The molecule has 1 aromatic carbocycles. The quantitative estimate of drug-likeness (QED) is 0.618. The van der Waals surface area contributed by atoms with E-state index in [1.807, 2.05) is 24.3 Å². The summed E-state index contributed by atoms with van der Waals surface area (Å²) >= 11 is 0. The Labute approximate surface area is 123 Å². The highest BCUT2D eigenvalue weighted by molar-refractivity contribution is 6.09. The molecule has 4 nitrogen and oxygen atoms in total. The normalized spacial score (nSPS) is 44.2. The zero-order valence-electron chi connectivity index (χ0n) is 12.2. The molecule has 21 heavy (non-hydrogen) atoms. The van der Waals surface area contributed by atoms with Crippen LogP contribution in [0, 0.1) is 11.8 Å². The monoisotopic (exact) mass is 286 g/mol. The molecule has 2 saturated carbocycles. The van der Waals surface area contributed by atoms with Gasteiger partial charge in [-0.3, -0.25) is 4.79 Å². The average molecular weight is 286 g/mol. The van der Waals surface area contributed by atoms with Crippen LogP contribution in [0.3, 0.4) is 0 Å². The summed E-state index contributed by atoms with van der Waals surface area (Å²) in [7, 11) is 3.31. The van der Waals surface area contributed by atoms with Gasteiger partial charge in [-0.15, -0.1) is 0 Å². The molecule has 0 unspecified atom stereocenters. The number of carbonyl (C=O) groups is 1. The molecule has 0 N–H and O–H groups in total. The summed E-state index contributed by atoms with van der Waals surface area (Å²) in [4.78, 5) is 13.1. The summed E-state index contributed by atoms with van der Waals surface area (Å²) in [6, 6.07) is 7.63. The number of hydrogen-bond acceptors (Lipinski definition) is 4. The number of ketones is 1. The second-order valence-electron chi connectivity index (χ2n) is 6.68. The first-order valence-electron chi connectivity index (χ1n) is 7.62. The molecule has 0 spiro atoms. The number of fused-ring (bicyclic) bond motifs is 3. The van der Waals surface area contributed by atoms with Gasteiger partial charge in [-0.2, -0.15) is 0 Å². The minimum absolute atomic E-state index is 0.134. The maximum atomic E-state index is 13.1. The lowest BCUT2D eigenvalue weighted by Crippen LogP contribution is -2.59. The average Bonchev–Trinajstić information content (AvgIpc) is 2.94. The molecular formula is C17H18O4. The molecule has 1 aliphatic heterocycles. The summed E-state index contributed by atoms with van der Waals surface area (Å²) in [6.07, 6.45) is 3.22. The molecule has 4 atom stereocenters. The smallest absolute Gasteiger partial charge is 0.229 e. The third-order valence-electron chi connectivity index (χ3n) is 6.34. The Morgan fingerprint density at radius 2 is 1.86 bits per heavy atom. The van der Waals surface area contributed by atoms with Gasteiger partial charge in [0, 0.05) is 25.3 Å². The summed E-state index contributed by atoms with van der Waals surface area (Å²) in [5.41, 5.74) is 0.205. The minimum atomic E-state index is -0.961. The van der Waals surface area contributed by atoms with Crippen LogP contribution in [0.15, 0.2) is 24.3 Å². The number of carbonyl (C=O) groups excluding carboxylic acids is 1. The van der Waals surface area contributed by atoms with Gasteiger partial charge in [0.2, 0.25) is 5.79 Å². The number of methoxy groups -OCH3 is 2. The van der Waals surface area contributed by atoms with Gasteiger partial charge in [0.15, 0.2) is 17.0 Å². The van der Waals surface area contributed by atoms with Crippen molar-refractivity contribution in [3.05, 3.63) is 35.4 Å². The highest BCUT2D eigenvalue weighted by Gasteiger charge is 2.94. The van der Waals surface area contributed by atoms with Crippen LogP contribution in [-0.4, -0.2) is 31.2 Å². The maximum Gasteiger partial charge on any atom is 0.229 e. The second kappa shape index (κ2) is 3.40. The second-order valence-corrected chi connectivity index (χ2v) is 6.68. The van der Waals surface area contributed by atoms with Gasteiger partial charge in [-0.25, -0.2) is 0 Å². The van der Waals surface area contributed by atoms with Crippen molar-refractivity contribution in [2.75, 3.05) is 14.2 Å². The van der Waals surface area contributed by atoms with E-state index in [0.29, 0.717) is 17.4 Å². The van der Waals surface area contributed by atoms with E-state index in [9.17, 15) is 4.79 Å². The molecular weight excluding hydrogens is 268 g/mol. The van der Waals surface area contributed by atoms with Gasteiger partial charge >= 0.3 is 0 Å². The highest BCUT2D eigenvalue weighted by atomic mass is 16.8. The van der Waals surface area contributed by atoms with Gasteiger partial charge in [0.25, 0.3) is 0 Å². The van der Waals surface area contributed by atoms with Crippen LogP contribution < -0.4 is 0 Å². The van der Waals surface area contributed by atoms with Gasteiger partial charge in [-0.1, -0.05) is 24.3 Å². The lowest BCUT2D eigenvalue weighted by atomic mass is 9.64. The Balaban J connectivity index is 1.86. The van der Waals surface area contributed by atoms with Crippen molar-refractivity contribution in [2.24, 2.45) is 11.8 Å². The fraction of sp³-hybridized carbons (Fsp3) is 0.588. The highest BCUT2D eigenvalue weighted by Crippen LogP contribution is 2.79. The van der Waals surface area contributed by atoms with Crippen LogP contribution in [-0.2, 0) is 20.0 Å². The molecule has 1 aromatic rings. The van der Waals surface area contributed by atoms with Crippen LogP contribution >= 0.6 is 0 Å². The van der Waals surface area contributed by atoms with Gasteiger partial charge in [0.05, 0.1) is 0 Å². The molecule has 2 bridgehead atoms. The maximum absolute atomic E-state index is 13.1. The van der Waals surface area contributed by atoms with Gasteiger partial charge in [-0.05, 0) is 31.1 Å². The number of ether oxygens (including phenoxy) is 3. The number of hydrogen-bond donors (Lipinski definition) is 0. The van der Waals surface area contributed by atoms with Crippen molar-refractivity contribution >= 4 is 5.78 Å². The molecule has 110 valence electrons. The summed E-state index contributed by atoms with van der Waals surface area (Å²) in [5.74, 6) is -0.167. The Hall–Kier alpha value is -1.23. The van der Waals surface area contributed by atoms with Crippen molar-refractivity contribution in [2.45, 2.75) is 36.3 Å². The lowest BCUT2D eigenvalue weighted by molar-refractivity contribution is -0.266. The molecule has 4 heteroatoms. The van der Waals surface area contributed by atoms with E-state index in [4.69, 9.17) is 14.2 Å². The van der Waals surface area contributed by atoms with E-state index in [2.05, 4.69) is 0 Å². The molecule has 1 heterocycles. The van der Waals surface area contributed by atoms with Crippen molar-refractivity contribution in [1.29, 1.82) is 0 Å². The number of benzene rings is 1. The molecule has 0 amide bonds. The Morgan fingerprint density at radius 3 is 2.62 bits per heavy atom. The molecule has 0 radical (unpaired) electrons. The topological polar surface area (TPSA) is 48.1 Å². The Bertz CT molecular complexity index is 665. The van der Waals surface area contributed by atoms with E-state index in [1.165, 1.54) is 0 Å². The first-order valence-corrected chi connectivity index (χ1v) is 7.62. The molecule has 3 fully saturated rings. The number of Topliss-reactive ketones (excluding diaryl/α,β-unsaturated/α-hetero) is 1. The SMILES string of the molecule is COC1(OC)c2ccccc2C(=O)[C@@]23O[C@@]12[C@H]1CC[C@H]3C1. The zero-order chi connectivity index (χ0) is 14.5. The molecule has 5 rings (SSSR count). The minimum Gasteiger partial charge on any atom is -0.347 e. The third kappa shape index (κ3) is 0.944. The largest absolute Gasteiger partial charge is 0.347 e. The van der Waals surface area contributed by atoms with Crippen molar-refractivity contribution in [3.63, 3.8) is 0 Å². The van der Waals surface area contributed by atoms with Crippen molar-refractivity contribution in [3.8, 4) is 0 Å². The van der Waals surface area contributed by atoms with E-state index < -0.39 is 17.0 Å². The van der Waals surface area contributed by atoms with Gasteiger partial charge < -0.3 is 14.2 Å². The lowest BCUT2D eigenvalue weighted by Gasteiger charge is -2.44. The summed E-state index contributed by atoms with van der Waals surface area (Å²) in [5, 5.41) is 0. The van der Waals surface area contributed by atoms with Crippen LogP contribution in [0.5, 0.6) is 0 Å². The predicted octanol–water partition coefficient (Wildman–Crippen LogP) is 2.27. The van der Waals surface area contributed by atoms with E-state index in [1.54, 1.807) is 14.2 Å². The van der Waals surface area contributed by atoms with Crippen LogP contribution in [0.1, 0.15) is 35.2 Å². The molecule has 1 saturated heterocycles. The summed E-state index contributed by atoms with van der Waals surface area (Å²) < 4.78 is 18.1. The Morgan fingerprint density at radius 1 is 1.14 bits per heavy atom. The number of epoxide rings is 1. The molecule has 4 aliphatic rings.